The Balaban J connectivity index is 2.04. The number of nitrogens with zero attached hydrogens (tertiary/aromatic N) is 1. The third kappa shape index (κ3) is 3.50. The second kappa shape index (κ2) is 5.95. The monoisotopic (exact) mass is 270 g/mol. The molecule has 0 unspecified atom stereocenters. The largest absolute Gasteiger partial charge is 0.480 e. The number of hydrogen-bond donors (Lipinski definition) is 1. The summed E-state index contributed by atoms with van der Waals surface area (Å²) in [6.07, 6.45) is 1.72. The average Bonchev–Trinajstić information content (AvgIpc) is 2.45. The topological polar surface area (TPSA) is 34.1 Å². The van der Waals surface area contributed by atoms with Crippen molar-refractivity contribution >= 4 is 5.69 Å². The van der Waals surface area contributed by atoms with Crippen LogP contribution in [0.2, 0.25) is 0 Å². The summed E-state index contributed by atoms with van der Waals surface area (Å²) in [5, 5.41) is 3.35. The number of pyridine rings is 1. The van der Waals surface area contributed by atoms with Crippen LogP contribution in [0.1, 0.15) is 31.9 Å². The van der Waals surface area contributed by atoms with E-state index in [1.807, 2.05) is 12.1 Å². The van der Waals surface area contributed by atoms with E-state index in [0.717, 1.165) is 12.2 Å². The van der Waals surface area contributed by atoms with Crippen molar-refractivity contribution in [1.82, 2.24) is 4.98 Å². The minimum atomic E-state index is 0.193. The third-order valence-corrected chi connectivity index (χ3v) is 3.27. The van der Waals surface area contributed by atoms with Crippen LogP contribution in [0.3, 0.4) is 0 Å². The molecule has 0 aliphatic heterocycles. The van der Waals surface area contributed by atoms with Gasteiger partial charge in [-0.2, -0.15) is 0 Å². The van der Waals surface area contributed by atoms with Gasteiger partial charge in [0.05, 0.1) is 12.8 Å². The molecule has 2 aromatic rings. The molecule has 0 bridgehead atoms. The van der Waals surface area contributed by atoms with Gasteiger partial charge in [-0.15, -0.1) is 0 Å². The van der Waals surface area contributed by atoms with Crippen molar-refractivity contribution in [2.75, 3.05) is 12.4 Å². The molecule has 3 heteroatoms. The van der Waals surface area contributed by atoms with E-state index < -0.39 is 0 Å². The van der Waals surface area contributed by atoms with Gasteiger partial charge in [-0.3, -0.25) is 0 Å². The van der Waals surface area contributed by atoms with Crippen LogP contribution in [0.4, 0.5) is 5.69 Å². The van der Waals surface area contributed by atoms with Crippen molar-refractivity contribution in [1.29, 1.82) is 0 Å². The summed E-state index contributed by atoms with van der Waals surface area (Å²) in [6, 6.07) is 12.6. The lowest BCUT2D eigenvalue weighted by molar-refractivity contribution is 0.399. The predicted octanol–water partition coefficient (Wildman–Crippen LogP) is 4.00. The van der Waals surface area contributed by atoms with Crippen molar-refractivity contribution in [3.63, 3.8) is 0 Å². The van der Waals surface area contributed by atoms with E-state index >= 15 is 0 Å². The van der Waals surface area contributed by atoms with Gasteiger partial charge in [-0.1, -0.05) is 45.0 Å². The molecule has 1 aromatic carbocycles. The first kappa shape index (κ1) is 14.4. The van der Waals surface area contributed by atoms with Gasteiger partial charge in [0.1, 0.15) is 0 Å². The molecule has 2 rings (SSSR count). The van der Waals surface area contributed by atoms with E-state index in [1.54, 1.807) is 13.3 Å². The molecule has 0 aliphatic rings. The van der Waals surface area contributed by atoms with Gasteiger partial charge in [-0.25, -0.2) is 4.98 Å². The van der Waals surface area contributed by atoms with E-state index in [1.165, 1.54) is 11.1 Å². The minimum absolute atomic E-state index is 0.193. The highest BCUT2D eigenvalue weighted by atomic mass is 16.5. The molecule has 20 heavy (non-hydrogen) atoms. The Kier molecular flexibility index (Phi) is 4.28. The highest BCUT2D eigenvalue weighted by Crippen LogP contribution is 2.23. The fraction of sp³-hybridized carbons (Fsp3) is 0.353. The number of methoxy groups -OCH3 is 1. The Morgan fingerprint density at radius 2 is 1.80 bits per heavy atom. The maximum atomic E-state index is 5.22. The molecule has 3 nitrogen and oxygen atoms in total. The second-order valence-electron chi connectivity index (χ2n) is 5.86. The summed E-state index contributed by atoms with van der Waals surface area (Å²) in [7, 11) is 1.63. The zero-order chi connectivity index (χ0) is 14.6. The molecule has 0 saturated heterocycles. The molecule has 0 spiro atoms. The third-order valence-electron chi connectivity index (χ3n) is 3.27. The molecule has 0 saturated carbocycles. The maximum absolute atomic E-state index is 5.22. The van der Waals surface area contributed by atoms with Gasteiger partial charge >= 0.3 is 0 Å². The standard InChI is InChI=1S/C17H22N2O/c1-17(2,3)14-9-7-13(8-10-14)12-19-15-6-5-11-18-16(15)20-4/h5-11,19H,12H2,1-4H3. The first-order valence-corrected chi connectivity index (χ1v) is 6.83. The van der Waals surface area contributed by atoms with Crippen molar-refractivity contribution in [2.45, 2.75) is 32.7 Å². The van der Waals surface area contributed by atoms with Crippen LogP contribution in [0, 0.1) is 0 Å². The van der Waals surface area contributed by atoms with E-state index in [-0.39, 0.29) is 5.41 Å². The second-order valence-corrected chi connectivity index (χ2v) is 5.86. The highest BCUT2D eigenvalue weighted by Gasteiger charge is 2.12. The first-order valence-electron chi connectivity index (χ1n) is 6.83. The van der Waals surface area contributed by atoms with Gasteiger partial charge in [0.25, 0.3) is 0 Å². The molecular formula is C17H22N2O. The zero-order valence-electron chi connectivity index (χ0n) is 12.6. The molecule has 1 heterocycles. The van der Waals surface area contributed by atoms with E-state index in [0.29, 0.717) is 5.88 Å². The highest BCUT2D eigenvalue weighted by molar-refractivity contribution is 5.52. The van der Waals surface area contributed by atoms with Crippen molar-refractivity contribution in [3.05, 3.63) is 53.7 Å². The minimum Gasteiger partial charge on any atom is -0.480 e. The summed E-state index contributed by atoms with van der Waals surface area (Å²) < 4.78 is 5.22. The van der Waals surface area contributed by atoms with E-state index in [9.17, 15) is 0 Å². The van der Waals surface area contributed by atoms with E-state index in [2.05, 4.69) is 55.3 Å². The molecule has 0 atom stereocenters. The fourth-order valence-corrected chi connectivity index (χ4v) is 2.01. The lowest BCUT2D eigenvalue weighted by Crippen LogP contribution is -2.11. The number of ether oxygens (including phenoxy) is 1. The summed E-state index contributed by atoms with van der Waals surface area (Å²) in [5.41, 5.74) is 3.69. The quantitative estimate of drug-likeness (QED) is 0.911. The smallest absolute Gasteiger partial charge is 0.237 e. The molecule has 0 radical (unpaired) electrons. The van der Waals surface area contributed by atoms with Crippen LogP contribution in [-0.2, 0) is 12.0 Å². The number of benzene rings is 1. The van der Waals surface area contributed by atoms with E-state index in [4.69, 9.17) is 4.74 Å². The Morgan fingerprint density at radius 1 is 1.10 bits per heavy atom. The number of rotatable bonds is 4. The van der Waals surface area contributed by atoms with Crippen LogP contribution in [0.5, 0.6) is 5.88 Å². The van der Waals surface area contributed by atoms with Gasteiger partial charge < -0.3 is 10.1 Å². The summed E-state index contributed by atoms with van der Waals surface area (Å²) in [5.74, 6) is 0.624. The lowest BCUT2D eigenvalue weighted by Gasteiger charge is -2.19. The van der Waals surface area contributed by atoms with Crippen LogP contribution < -0.4 is 10.1 Å². The van der Waals surface area contributed by atoms with Crippen LogP contribution in [0.15, 0.2) is 42.6 Å². The van der Waals surface area contributed by atoms with Gasteiger partial charge in [0.2, 0.25) is 5.88 Å². The first-order chi connectivity index (χ1) is 9.50. The molecule has 0 amide bonds. The predicted molar refractivity (Wildman–Crippen MR) is 83.3 cm³/mol. The zero-order valence-corrected chi connectivity index (χ0v) is 12.6. The Labute approximate surface area is 121 Å². The lowest BCUT2D eigenvalue weighted by atomic mass is 9.87. The SMILES string of the molecule is COc1ncccc1NCc1ccc(C(C)(C)C)cc1. The number of nitrogens with one attached hydrogen (secondary N) is 1. The molecule has 0 fully saturated rings. The molecule has 0 aliphatic carbocycles. The molecule has 106 valence electrons. The van der Waals surface area contributed by atoms with Crippen molar-refractivity contribution < 1.29 is 4.74 Å². The maximum Gasteiger partial charge on any atom is 0.237 e. The summed E-state index contributed by atoms with van der Waals surface area (Å²) in [6.45, 7) is 7.43. The molecule has 1 N–H and O–H groups in total. The number of hydrogen-bond acceptors (Lipinski definition) is 3. The van der Waals surface area contributed by atoms with Gasteiger partial charge in [0, 0.05) is 12.7 Å². The van der Waals surface area contributed by atoms with Crippen LogP contribution in [0.25, 0.3) is 0 Å². The molecule has 1 aromatic heterocycles. The van der Waals surface area contributed by atoms with Crippen molar-refractivity contribution in [3.8, 4) is 5.88 Å². The summed E-state index contributed by atoms with van der Waals surface area (Å²) >= 11 is 0. The average molecular weight is 270 g/mol. The van der Waals surface area contributed by atoms with Gasteiger partial charge in [0.15, 0.2) is 0 Å². The Bertz CT molecular complexity index is 556. The van der Waals surface area contributed by atoms with Crippen molar-refractivity contribution in [2.24, 2.45) is 0 Å². The number of aromatic nitrogens is 1. The fourth-order valence-electron chi connectivity index (χ4n) is 2.01. The Hall–Kier alpha value is -2.03. The van der Waals surface area contributed by atoms with Gasteiger partial charge in [-0.05, 0) is 28.7 Å². The number of anilines is 1. The van der Waals surface area contributed by atoms with Crippen LogP contribution in [-0.4, -0.2) is 12.1 Å². The molecular weight excluding hydrogens is 248 g/mol. The normalized spacial score (nSPS) is 11.2. The summed E-state index contributed by atoms with van der Waals surface area (Å²) in [4.78, 5) is 4.17. The Morgan fingerprint density at radius 3 is 2.40 bits per heavy atom. The van der Waals surface area contributed by atoms with Crippen LogP contribution >= 0.6 is 0 Å².